The Bertz CT molecular complexity index is 893. The number of unbranched alkanes of at least 4 members (excludes halogenated alkanes) is 2. The number of nitrogens with zero attached hydrogens (tertiary/aromatic N) is 2. The van der Waals surface area contributed by atoms with Crippen LogP contribution in [0.3, 0.4) is 0 Å². The minimum atomic E-state index is -0.0693. The number of rotatable bonds is 8. The van der Waals surface area contributed by atoms with E-state index in [1.54, 1.807) is 25.3 Å². The molecule has 0 spiro atoms. The number of benzene rings is 2. The maximum atomic E-state index is 12.9. The number of anilines is 2. The second-order valence-electron chi connectivity index (χ2n) is 7.68. The molecule has 1 saturated heterocycles. The molecule has 2 aromatic carbocycles. The van der Waals surface area contributed by atoms with Crippen LogP contribution in [0.25, 0.3) is 0 Å². The molecule has 1 aliphatic heterocycles. The third kappa shape index (κ3) is 6.14. The summed E-state index contributed by atoms with van der Waals surface area (Å²) in [4.78, 5) is 29.0. The van der Waals surface area contributed by atoms with Gasteiger partial charge in [0.1, 0.15) is 5.75 Å². The molecule has 7 heteroatoms. The first kappa shape index (κ1) is 22.9. The number of ether oxygens (including phenoxy) is 1. The highest BCUT2D eigenvalue weighted by Crippen LogP contribution is 2.25. The molecule has 0 atom stereocenters. The average molecular weight is 444 g/mol. The Morgan fingerprint density at radius 2 is 1.74 bits per heavy atom. The first-order chi connectivity index (χ1) is 15.0. The summed E-state index contributed by atoms with van der Waals surface area (Å²) in [6.45, 7) is 4.82. The second-order valence-corrected chi connectivity index (χ2v) is 8.11. The molecule has 0 aliphatic carbocycles. The lowest BCUT2D eigenvalue weighted by Crippen LogP contribution is -2.48. The first-order valence-electron chi connectivity index (χ1n) is 10.8. The van der Waals surface area contributed by atoms with Crippen LogP contribution in [0.5, 0.6) is 5.75 Å². The molecule has 0 saturated carbocycles. The molecule has 2 aromatic rings. The summed E-state index contributed by atoms with van der Waals surface area (Å²) in [5, 5.41) is 3.47. The van der Waals surface area contributed by atoms with Gasteiger partial charge in [0, 0.05) is 49.0 Å². The lowest BCUT2D eigenvalue weighted by molar-refractivity contribution is -0.116. The molecule has 0 bridgehead atoms. The number of halogens is 1. The van der Waals surface area contributed by atoms with Gasteiger partial charge in [-0.05, 0) is 48.9 Å². The number of carbonyl (C=O) groups is 2. The van der Waals surface area contributed by atoms with Crippen molar-refractivity contribution in [1.82, 2.24) is 4.90 Å². The monoisotopic (exact) mass is 443 g/mol. The van der Waals surface area contributed by atoms with Crippen molar-refractivity contribution in [2.75, 3.05) is 43.5 Å². The normalized spacial score (nSPS) is 13.8. The summed E-state index contributed by atoms with van der Waals surface area (Å²) in [5.41, 5.74) is 2.38. The van der Waals surface area contributed by atoms with Gasteiger partial charge in [-0.2, -0.15) is 0 Å². The molecule has 0 radical (unpaired) electrons. The Morgan fingerprint density at radius 1 is 1.03 bits per heavy atom. The van der Waals surface area contributed by atoms with Crippen LogP contribution < -0.4 is 15.0 Å². The molecule has 0 aromatic heterocycles. The zero-order valence-corrected chi connectivity index (χ0v) is 19.0. The van der Waals surface area contributed by atoms with Gasteiger partial charge in [-0.25, -0.2) is 0 Å². The van der Waals surface area contributed by atoms with Crippen LogP contribution >= 0.6 is 11.6 Å². The van der Waals surface area contributed by atoms with Crippen molar-refractivity contribution in [3.63, 3.8) is 0 Å². The number of hydrogen-bond donors (Lipinski definition) is 1. The van der Waals surface area contributed by atoms with Crippen molar-refractivity contribution >= 4 is 34.8 Å². The predicted octanol–water partition coefficient (Wildman–Crippen LogP) is 4.83. The Morgan fingerprint density at radius 3 is 2.39 bits per heavy atom. The van der Waals surface area contributed by atoms with Gasteiger partial charge >= 0.3 is 0 Å². The summed E-state index contributed by atoms with van der Waals surface area (Å²) in [6, 6.07) is 13.0. The van der Waals surface area contributed by atoms with Crippen LogP contribution in [0.15, 0.2) is 42.5 Å². The van der Waals surface area contributed by atoms with Gasteiger partial charge in [-0.3, -0.25) is 9.59 Å². The Hall–Kier alpha value is -2.73. The third-order valence-corrected chi connectivity index (χ3v) is 5.72. The number of hydrogen-bond acceptors (Lipinski definition) is 4. The van der Waals surface area contributed by atoms with Crippen LogP contribution in [-0.2, 0) is 4.79 Å². The lowest BCUT2D eigenvalue weighted by atomic mass is 10.1. The topological polar surface area (TPSA) is 61.9 Å². The number of methoxy groups -OCH3 is 1. The van der Waals surface area contributed by atoms with E-state index < -0.39 is 0 Å². The molecule has 166 valence electrons. The van der Waals surface area contributed by atoms with Gasteiger partial charge in [0.05, 0.1) is 12.7 Å². The molecule has 1 aliphatic rings. The minimum Gasteiger partial charge on any atom is -0.496 e. The maximum Gasteiger partial charge on any atom is 0.257 e. The smallest absolute Gasteiger partial charge is 0.257 e. The first-order valence-corrected chi connectivity index (χ1v) is 11.2. The van der Waals surface area contributed by atoms with Gasteiger partial charge in [0.2, 0.25) is 5.91 Å². The molecule has 3 rings (SSSR count). The number of nitrogens with one attached hydrogen (secondary N) is 1. The van der Waals surface area contributed by atoms with Crippen molar-refractivity contribution in [2.45, 2.75) is 32.6 Å². The zero-order chi connectivity index (χ0) is 22.2. The van der Waals surface area contributed by atoms with E-state index in [4.69, 9.17) is 16.3 Å². The molecule has 1 fully saturated rings. The fraction of sp³-hybridized carbons (Fsp3) is 0.417. The molecule has 1 N–H and O–H groups in total. The summed E-state index contributed by atoms with van der Waals surface area (Å²) < 4.78 is 5.32. The standard InChI is InChI=1S/C24H30ClN3O3/c1-3-4-5-6-23(29)26-19-8-10-20(11-9-19)27-13-15-28(16-14-27)24(30)21-17-18(25)7-12-22(21)31-2/h7-12,17H,3-6,13-16H2,1-2H3,(H,26,29). The predicted molar refractivity (Wildman–Crippen MR) is 125 cm³/mol. The molecule has 31 heavy (non-hydrogen) atoms. The van der Waals surface area contributed by atoms with E-state index in [-0.39, 0.29) is 11.8 Å². The Kier molecular flexibility index (Phi) is 8.18. The second kappa shape index (κ2) is 11.0. The van der Waals surface area contributed by atoms with E-state index in [0.717, 1.165) is 43.7 Å². The van der Waals surface area contributed by atoms with Crippen molar-refractivity contribution in [2.24, 2.45) is 0 Å². The SMILES string of the molecule is CCCCCC(=O)Nc1ccc(N2CCN(C(=O)c3cc(Cl)ccc3OC)CC2)cc1. The average Bonchev–Trinajstić information content (AvgIpc) is 2.79. The van der Waals surface area contributed by atoms with E-state index in [9.17, 15) is 9.59 Å². The van der Waals surface area contributed by atoms with Crippen molar-refractivity contribution in [1.29, 1.82) is 0 Å². The third-order valence-electron chi connectivity index (χ3n) is 5.48. The quantitative estimate of drug-likeness (QED) is 0.593. The Balaban J connectivity index is 1.54. The van der Waals surface area contributed by atoms with Crippen LogP contribution in [0.1, 0.15) is 43.0 Å². The van der Waals surface area contributed by atoms with Crippen LogP contribution in [-0.4, -0.2) is 50.0 Å². The minimum absolute atomic E-state index is 0.0600. The van der Waals surface area contributed by atoms with Gasteiger partial charge in [-0.15, -0.1) is 0 Å². The number of piperazine rings is 1. The fourth-order valence-electron chi connectivity index (χ4n) is 3.70. The molecule has 0 unspecified atom stereocenters. The molecule has 1 heterocycles. The van der Waals surface area contributed by atoms with Gasteiger partial charge in [0.15, 0.2) is 0 Å². The highest BCUT2D eigenvalue weighted by atomic mass is 35.5. The van der Waals surface area contributed by atoms with E-state index in [0.29, 0.717) is 35.8 Å². The maximum absolute atomic E-state index is 12.9. The largest absolute Gasteiger partial charge is 0.496 e. The van der Waals surface area contributed by atoms with E-state index in [2.05, 4.69) is 17.1 Å². The fourth-order valence-corrected chi connectivity index (χ4v) is 3.87. The van der Waals surface area contributed by atoms with Gasteiger partial charge in [-0.1, -0.05) is 31.4 Å². The van der Waals surface area contributed by atoms with E-state index in [1.165, 1.54) is 0 Å². The lowest BCUT2D eigenvalue weighted by Gasteiger charge is -2.36. The van der Waals surface area contributed by atoms with Gasteiger partial charge in [0.25, 0.3) is 5.91 Å². The van der Waals surface area contributed by atoms with Crippen LogP contribution in [0.4, 0.5) is 11.4 Å². The number of amides is 2. The summed E-state index contributed by atoms with van der Waals surface area (Å²) in [6.07, 6.45) is 3.66. The molecule has 2 amide bonds. The summed E-state index contributed by atoms with van der Waals surface area (Å²) in [5.74, 6) is 0.522. The zero-order valence-electron chi connectivity index (χ0n) is 18.2. The summed E-state index contributed by atoms with van der Waals surface area (Å²) >= 11 is 6.08. The van der Waals surface area contributed by atoms with Crippen LogP contribution in [0.2, 0.25) is 5.02 Å². The molecular weight excluding hydrogens is 414 g/mol. The van der Waals surface area contributed by atoms with Crippen molar-refractivity contribution in [3.8, 4) is 5.75 Å². The van der Waals surface area contributed by atoms with Crippen LogP contribution in [0, 0.1) is 0 Å². The summed E-state index contributed by atoms with van der Waals surface area (Å²) in [7, 11) is 1.55. The van der Waals surface area contributed by atoms with E-state index >= 15 is 0 Å². The van der Waals surface area contributed by atoms with Crippen molar-refractivity contribution in [3.05, 3.63) is 53.1 Å². The Labute approximate surface area is 189 Å². The van der Waals surface area contributed by atoms with E-state index in [1.807, 2.05) is 29.2 Å². The van der Waals surface area contributed by atoms with Gasteiger partial charge < -0.3 is 19.9 Å². The van der Waals surface area contributed by atoms with Crippen molar-refractivity contribution < 1.29 is 14.3 Å². The highest BCUT2D eigenvalue weighted by molar-refractivity contribution is 6.31. The number of carbonyl (C=O) groups excluding carboxylic acids is 2. The highest BCUT2D eigenvalue weighted by Gasteiger charge is 2.24. The molecular formula is C24H30ClN3O3. The molecule has 6 nitrogen and oxygen atoms in total.